The van der Waals surface area contributed by atoms with Crippen molar-refractivity contribution in [2.24, 2.45) is 5.73 Å². The molecular weight excluding hydrogens is 181 g/mol. The lowest BCUT2D eigenvalue weighted by atomic mass is 10.1. The van der Waals surface area contributed by atoms with Crippen LogP contribution in [-0.2, 0) is 17.9 Å². The zero-order valence-corrected chi connectivity index (χ0v) is 8.59. The second kappa shape index (κ2) is 5.08. The van der Waals surface area contributed by atoms with Crippen molar-refractivity contribution in [2.75, 3.05) is 0 Å². The number of ether oxygens (including phenoxy) is 1. The molecule has 0 bridgehead atoms. The van der Waals surface area contributed by atoms with Gasteiger partial charge in [0, 0.05) is 6.54 Å². The van der Waals surface area contributed by atoms with Gasteiger partial charge in [-0.1, -0.05) is 6.07 Å². The number of nitrogens with two attached hydrogens (primary N) is 1. The minimum absolute atomic E-state index is 0.152. The summed E-state index contributed by atoms with van der Waals surface area (Å²) in [4.78, 5) is 0. The highest BCUT2D eigenvalue weighted by atomic mass is 19.1. The lowest BCUT2D eigenvalue weighted by Crippen LogP contribution is -2.04. The van der Waals surface area contributed by atoms with Gasteiger partial charge >= 0.3 is 0 Å². The summed E-state index contributed by atoms with van der Waals surface area (Å²) in [5.41, 5.74) is 7.07. The summed E-state index contributed by atoms with van der Waals surface area (Å²) in [5.74, 6) is -0.254. The van der Waals surface area contributed by atoms with E-state index in [2.05, 4.69) is 0 Å². The van der Waals surface area contributed by atoms with Gasteiger partial charge in [0.1, 0.15) is 5.82 Å². The average molecular weight is 197 g/mol. The monoisotopic (exact) mass is 197 g/mol. The van der Waals surface area contributed by atoms with Crippen molar-refractivity contribution in [2.45, 2.75) is 33.1 Å². The highest BCUT2D eigenvalue weighted by Crippen LogP contribution is 2.10. The van der Waals surface area contributed by atoms with E-state index in [1.54, 1.807) is 0 Å². The number of benzene rings is 1. The minimum atomic E-state index is -0.254. The molecule has 0 saturated carbocycles. The minimum Gasteiger partial charge on any atom is -0.374 e. The van der Waals surface area contributed by atoms with Gasteiger partial charge in [-0.15, -0.1) is 0 Å². The van der Waals surface area contributed by atoms with Gasteiger partial charge in [0.2, 0.25) is 0 Å². The molecule has 3 heteroatoms. The fourth-order valence-electron chi connectivity index (χ4n) is 1.18. The van der Waals surface area contributed by atoms with Crippen LogP contribution < -0.4 is 5.73 Å². The van der Waals surface area contributed by atoms with Gasteiger partial charge in [-0.05, 0) is 37.1 Å². The molecule has 2 N–H and O–H groups in total. The van der Waals surface area contributed by atoms with Crippen LogP contribution in [0, 0.1) is 5.82 Å². The summed E-state index contributed by atoms with van der Waals surface area (Å²) in [5, 5.41) is 0. The van der Waals surface area contributed by atoms with Crippen molar-refractivity contribution in [3.8, 4) is 0 Å². The van der Waals surface area contributed by atoms with Crippen molar-refractivity contribution >= 4 is 0 Å². The predicted molar refractivity (Wildman–Crippen MR) is 54.2 cm³/mol. The predicted octanol–water partition coefficient (Wildman–Crippen LogP) is 2.21. The van der Waals surface area contributed by atoms with E-state index in [0.29, 0.717) is 13.2 Å². The van der Waals surface area contributed by atoms with Gasteiger partial charge in [0.25, 0.3) is 0 Å². The molecule has 0 heterocycles. The van der Waals surface area contributed by atoms with E-state index in [0.717, 1.165) is 11.1 Å². The Kier molecular flexibility index (Phi) is 4.04. The van der Waals surface area contributed by atoms with E-state index in [9.17, 15) is 4.39 Å². The van der Waals surface area contributed by atoms with Crippen LogP contribution in [0.15, 0.2) is 18.2 Å². The second-order valence-corrected chi connectivity index (χ2v) is 3.53. The maximum absolute atomic E-state index is 13.0. The summed E-state index contributed by atoms with van der Waals surface area (Å²) in [6.45, 7) is 4.68. The van der Waals surface area contributed by atoms with Crippen LogP contribution >= 0.6 is 0 Å². The molecule has 0 radical (unpaired) electrons. The lowest BCUT2D eigenvalue weighted by Gasteiger charge is -2.08. The molecular formula is C11H16FNO. The number of hydrogen-bond acceptors (Lipinski definition) is 2. The Bertz CT molecular complexity index is 299. The first kappa shape index (κ1) is 11.1. The van der Waals surface area contributed by atoms with Crippen LogP contribution in [-0.4, -0.2) is 6.10 Å². The maximum atomic E-state index is 13.0. The SMILES string of the molecule is CC(C)OCc1cc(F)cc(CN)c1. The molecule has 78 valence electrons. The van der Waals surface area contributed by atoms with Crippen molar-refractivity contribution in [1.82, 2.24) is 0 Å². The van der Waals surface area contributed by atoms with E-state index in [1.807, 2.05) is 19.9 Å². The molecule has 0 aliphatic carbocycles. The number of hydrogen-bond donors (Lipinski definition) is 1. The molecule has 0 spiro atoms. The van der Waals surface area contributed by atoms with Gasteiger partial charge in [0.15, 0.2) is 0 Å². The Morgan fingerprint density at radius 1 is 1.29 bits per heavy atom. The van der Waals surface area contributed by atoms with E-state index in [1.165, 1.54) is 12.1 Å². The topological polar surface area (TPSA) is 35.2 Å². The lowest BCUT2D eigenvalue weighted by molar-refractivity contribution is 0.0655. The summed E-state index contributed by atoms with van der Waals surface area (Å²) >= 11 is 0. The Morgan fingerprint density at radius 2 is 1.93 bits per heavy atom. The zero-order chi connectivity index (χ0) is 10.6. The third kappa shape index (κ3) is 3.44. The van der Waals surface area contributed by atoms with Crippen LogP contribution in [0.5, 0.6) is 0 Å². The molecule has 0 saturated heterocycles. The van der Waals surface area contributed by atoms with E-state index in [-0.39, 0.29) is 11.9 Å². The number of rotatable bonds is 4. The quantitative estimate of drug-likeness (QED) is 0.803. The van der Waals surface area contributed by atoms with E-state index in [4.69, 9.17) is 10.5 Å². The van der Waals surface area contributed by atoms with Gasteiger partial charge < -0.3 is 10.5 Å². The largest absolute Gasteiger partial charge is 0.374 e. The van der Waals surface area contributed by atoms with E-state index < -0.39 is 0 Å². The highest BCUT2D eigenvalue weighted by molar-refractivity contribution is 5.24. The van der Waals surface area contributed by atoms with Crippen molar-refractivity contribution in [3.05, 3.63) is 35.1 Å². The van der Waals surface area contributed by atoms with Crippen molar-refractivity contribution in [1.29, 1.82) is 0 Å². The summed E-state index contributed by atoms with van der Waals surface area (Å²) < 4.78 is 18.4. The van der Waals surface area contributed by atoms with Crippen LogP contribution in [0.25, 0.3) is 0 Å². The Hall–Kier alpha value is -0.930. The molecule has 0 amide bonds. The molecule has 0 aromatic heterocycles. The molecule has 1 aromatic carbocycles. The standard InChI is InChI=1S/C11H16FNO/c1-8(2)14-7-10-3-9(6-13)4-11(12)5-10/h3-5,8H,6-7,13H2,1-2H3. The van der Waals surface area contributed by atoms with Crippen molar-refractivity contribution < 1.29 is 9.13 Å². The Morgan fingerprint density at radius 3 is 2.50 bits per heavy atom. The smallest absolute Gasteiger partial charge is 0.123 e. The molecule has 1 rings (SSSR count). The first-order chi connectivity index (χ1) is 6.61. The molecule has 0 fully saturated rings. The zero-order valence-electron chi connectivity index (χ0n) is 8.59. The van der Waals surface area contributed by atoms with Crippen LogP contribution in [0.3, 0.4) is 0 Å². The second-order valence-electron chi connectivity index (χ2n) is 3.53. The normalized spacial score (nSPS) is 10.9. The molecule has 14 heavy (non-hydrogen) atoms. The Labute approximate surface area is 83.9 Å². The Balaban J connectivity index is 2.71. The third-order valence-electron chi connectivity index (χ3n) is 1.84. The average Bonchev–Trinajstić information content (AvgIpc) is 2.14. The maximum Gasteiger partial charge on any atom is 0.123 e. The van der Waals surface area contributed by atoms with E-state index >= 15 is 0 Å². The summed E-state index contributed by atoms with van der Waals surface area (Å²) in [7, 11) is 0. The molecule has 1 aromatic rings. The van der Waals surface area contributed by atoms with Crippen LogP contribution in [0.2, 0.25) is 0 Å². The summed E-state index contributed by atoms with van der Waals surface area (Å²) in [6.07, 6.45) is 0.152. The van der Waals surface area contributed by atoms with Crippen LogP contribution in [0.1, 0.15) is 25.0 Å². The molecule has 0 aliphatic rings. The van der Waals surface area contributed by atoms with Gasteiger partial charge in [0.05, 0.1) is 12.7 Å². The number of halogens is 1. The van der Waals surface area contributed by atoms with Crippen molar-refractivity contribution in [3.63, 3.8) is 0 Å². The first-order valence-corrected chi connectivity index (χ1v) is 4.72. The van der Waals surface area contributed by atoms with Crippen LogP contribution in [0.4, 0.5) is 4.39 Å². The molecule has 0 unspecified atom stereocenters. The third-order valence-corrected chi connectivity index (χ3v) is 1.84. The van der Waals surface area contributed by atoms with Gasteiger partial charge in [-0.25, -0.2) is 4.39 Å². The fourth-order valence-corrected chi connectivity index (χ4v) is 1.18. The van der Waals surface area contributed by atoms with Gasteiger partial charge in [-0.2, -0.15) is 0 Å². The first-order valence-electron chi connectivity index (χ1n) is 4.72. The summed E-state index contributed by atoms with van der Waals surface area (Å²) in [6, 6.07) is 4.78. The van der Waals surface area contributed by atoms with Gasteiger partial charge in [-0.3, -0.25) is 0 Å². The highest BCUT2D eigenvalue weighted by Gasteiger charge is 2.01. The molecule has 0 atom stereocenters. The fraction of sp³-hybridized carbons (Fsp3) is 0.455. The molecule has 0 aliphatic heterocycles. The molecule has 2 nitrogen and oxygen atoms in total.